The Morgan fingerprint density at radius 1 is 1.00 bits per heavy atom. The third-order valence-corrected chi connectivity index (χ3v) is 5.62. The molecule has 4 aromatic rings. The molecule has 0 saturated carbocycles. The number of nitrogens with zero attached hydrogens (tertiary/aromatic N) is 2. The summed E-state index contributed by atoms with van der Waals surface area (Å²) in [6.45, 7) is 0. The van der Waals surface area contributed by atoms with Crippen LogP contribution in [-0.4, -0.2) is 22.7 Å². The number of carboxylic acids is 1. The molecule has 0 aliphatic carbocycles. The fourth-order valence-corrected chi connectivity index (χ4v) is 3.91. The van der Waals surface area contributed by atoms with Crippen LogP contribution in [0.15, 0.2) is 100 Å². The van der Waals surface area contributed by atoms with Crippen LogP contribution in [0.2, 0.25) is 5.02 Å². The maximum Gasteiger partial charge on any atom is 0.336 e. The molecule has 6 nitrogen and oxygen atoms in total. The van der Waals surface area contributed by atoms with Gasteiger partial charge in [-0.2, -0.15) is 10.1 Å². The van der Waals surface area contributed by atoms with Crippen LogP contribution in [0, 0.1) is 5.82 Å². The average molecular weight is 487 g/mol. The largest absolute Gasteiger partial charge is 0.478 e. The van der Waals surface area contributed by atoms with Crippen molar-refractivity contribution in [3.63, 3.8) is 0 Å². The predicted octanol–water partition coefficient (Wildman–Crippen LogP) is 6.27. The Balaban J connectivity index is 1.57. The zero-order valence-corrected chi connectivity index (χ0v) is 18.7. The molecule has 0 atom stereocenters. The van der Waals surface area contributed by atoms with Crippen molar-refractivity contribution in [1.29, 1.82) is 0 Å². The number of carboxylic acid groups (broad SMARTS) is 1. The second-order valence-corrected chi connectivity index (χ2v) is 8.10. The molecule has 2 heterocycles. The molecule has 0 fully saturated rings. The minimum Gasteiger partial charge on any atom is -0.478 e. The van der Waals surface area contributed by atoms with E-state index in [4.69, 9.17) is 16.0 Å². The summed E-state index contributed by atoms with van der Waals surface area (Å²) >= 11 is 6.07. The lowest BCUT2D eigenvalue weighted by atomic mass is 10.0. The van der Waals surface area contributed by atoms with Gasteiger partial charge in [0.2, 0.25) is 0 Å². The summed E-state index contributed by atoms with van der Waals surface area (Å²) in [5.74, 6) is -1.34. The third-order valence-electron chi connectivity index (χ3n) is 5.39. The van der Waals surface area contributed by atoms with Crippen molar-refractivity contribution in [1.82, 2.24) is 0 Å². The van der Waals surface area contributed by atoms with Gasteiger partial charge in [-0.25, -0.2) is 9.18 Å². The zero-order chi connectivity index (χ0) is 24.5. The summed E-state index contributed by atoms with van der Waals surface area (Å²) in [6, 6.07) is 22.3. The highest BCUT2D eigenvalue weighted by Crippen LogP contribution is 2.32. The second-order valence-electron chi connectivity index (χ2n) is 7.66. The van der Waals surface area contributed by atoms with E-state index in [0.29, 0.717) is 33.3 Å². The number of benzene rings is 3. The molecule has 1 aromatic heterocycles. The molecule has 0 spiro atoms. The Morgan fingerprint density at radius 2 is 1.74 bits per heavy atom. The number of rotatable bonds is 5. The van der Waals surface area contributed by atoms with E-state index in [1.807, 2.05) is 30.3 Å². The predicted molar refractivity (Wildman–Crippen MR) is 131 cm³/mol. The van der Waals surface area contributed by atoms with Gasteiger partial charge in [0, 0.05) is 16.1 Å². The summed E-state index contributed by atoms with van der Waals surface area (Å²) in [7, 11) is 0. The van der Waals surface area contributed by atoms with E-state index in [1.165, 1.54) is 47.5 Å². The Kier molecular flexibility index (Phi) is 5.76. The molecule has 1 N–H and O–H groups in total. The molecule has 1 aliphatic heterocycles. The first-order valence-electron chi connectivity index (χ1n) is 10.5. The first-order chi connectivity index (χ1) is 16.9. The summed E-state index contributed by atoms with van der Waals surface area (Å²) < 4.78 is 19.3. The number of amides is 1. The van der Waals surface area contributed by atoms with Gasteiger partial charge in [0.25, 0.3) is 5.91 Å². The smallest absolute Gasteiger partial charge is 0.336 e. The topological polar surface area (TPSA) is 83.1 Å². The van der Waals surface area contributed by atoms with Crippen molar-refractivity contribution in [2.24, 2.45) is 5.10 Å². The first kappa shape index (κ1) is 22.3. The van der Waals surface area contributed by atoms with Gasteiger partial charge in [-0.3, -0.25) is 4.79 Å². The number of hydrogen-bond donors (Lipinski definition) is 1. The number of hydrogen-bond acceptors (Lipinski definition) is 4. The van der Waals surface area contributed by atoms with Crippen LogP contribution in [0.1, 0.15) is 21.7 Å². The molecular formula is C27H16ClFN2O4. The van der Waals surface area contributed by atoms with Gasteiger partial charge in [-0.05, 0) is 60.7 Å². The Labute approximate surface area is 204 Å². The van der Waals surface area contributed by atoms with Crippen molar-refractivity contribution >= 4 is 41.0 Å². The van der Waals surface area contributed by atoms with E-state index < -0.39 is 17.7 Å². The molecule has 0 radical (unpaired) electrons. The van der Waals surface area contributed by atoms with Gasteiger partial charge in [0.05, 0.1) is 16.8 Å². The number of carbonyl (C=O) groups excluding carboxylic acids is 1. The van der Waals surface area contributed by atoms with Gasteiger partial charge in [-0.15, -0.1) is 0 Å². The summed E-state index contributed by atoms with van der Waals surface area (Å²) in [5.41, 5.74) is 2.17. The van der Waals surface area contributed by atoms with E-state index in [0.717, 1.165) is 0 Å². The maximum atomic E-state index is 13.4. The summed E-state index contributed by atoms with van der Waals surface area (Å²) in [4.78, 5) is 25.0. The molecule has 1 aliphatic rings. The van der Waals surface area contributed by atoms with E-state index in [1.54, 1.807) is 18.2 Å². The Hall–Kier alpha value is -4.49. The van der Waals surface area contributed by atoms with Crippen molar-refractivity contribution in [2.45, 2.75) is 0 Å². The van der Waals surface area contributed by atoms with E-state index >= 15 is 0 Å². The number of aromatic carboxylic acids is 1. The molecule has 172 valence electrons. The van der Waals surface area contributed by atoms with Crippen LogP contribution >= 0.6 is 11.6 Å². The highest BCUT2D eigenvalue weighted by Gasteiger charge is 2.32. The van der Waals surface area contributed by atoms with Gasteiger partial charge in [0.15, 0.2) is 0 Å². The molecular weight excluding hydrogens is 471 g/mol. The van der Waals surface area contributed by atoms with Gasteiger partial charge in [-0.1, -0.05) is 41.9 Å². The fraction of sp³-hybridized carbons (Fsp3) is 0. The normalized spacial score (nSPS) is 14.5. The standard InChI is InChI=1S/C27H16ClFN2O4/c28-17-6-12-21(27(33)34)22(14-17)24-13-11-20(35-24)15-23-25(16-4-2-1-3-5-16)30-31(26(23)32)19-9-7-18(29)8-10-19/h1-15H,(H,33,34). The molecule has 0 saturated heterocycles. The number of carbonyl (C=O) groups is 2. The average Bonchev–Trinajstić information content (AvgIpc) is 3.45. The van der Waals surface area contributed by atoms with Crippen LogP contribution in [0.25, 0.3) is 17.4 Å². The molecule has 1 amide bonds. The van der Waals surface area contributed by atoms with Gasteiger partial charge in [0.1, 0.15) is 23.0 Å². The fourth-order valence-electron chi connectivity index (χ4n) is 3.74. The Bertz CT molecular complexity index is 1510. The lowest BCUT2D eigenvalue weighted by Crippen LogP contribution is -2.21. The van der Waals surface area contributed by atoms with Crippen LogP contribution in [0.4, 0.5) is 10.1 Å². The zero-order valence-electron chi connectivity index (χ0n) is 18.0. The molecule has 3 aromatic carbocycles. The van der Waals surface area contributed by atoms with Crippen molar-refractivity contribution < 1.29 is 23.5 Å². The lowest BCUT2D eigenvalue weighted by molar-refractivity contribution is -0.114. The highest BCUT2D eigenvalue weighted by atomic mass is 35.5. The summed E-state index contributed by atoms with van der Waals surface area (Å²) in [5, 5.41) is 15.6. The molecule has 8 heteroatoms. The summed E-state index contributed by atoms with van der Waals surface area (Å²) in [6.07, 6.45) is 1.55. The lowest BCUT2D eigenvalue weighted by Gasteiger charge is -2.11. The molecule has 5 rings (SSSR count). The van der Waals surface area contributed by atoms with E-state index in [9.17, 15) is 19.1 Å². The van der Waals surface area contributed by atoms with Crippen LogP contribution in [0.3, 0.4) is 0 Å². The van der Waals surface area contributed by atoms with E-state index in [2.05, 4.69) is 5.10 Å². The molecule has 0 unspecified atom stereocenters. The number of halogens is 2. The Morgan fingerprint density at radius 3 is 2.46 bits per heavy atom. The van der Waals surface area contributed by atoms with Crippen LogP contribution in [0.5, 0.6) is 0 Å². The van der Waals surface area contributed by atoms with Crippen LogP contribution < -0.4 is 5.01 Å². The highest BCUT2D eigenvalue weighted by molar-refractivity contribution is 6.37. The van der Waals surface area contributed by atoms with Gasteiger partial charge >= 0.3 is 5.97 Å². The number of hydrazone groups is 1. The first-order valence-corrected chi connectivity index (χ1v) is 10.9. The number of anilines is 1. The third kappa shape index (κ3) is 4.37. The van der Waals surface area contributed by atoms with Crippen LogP contribution in [-0.2, 0) is 4.79 Å². The minimum absolute atomic E-state index is 0.0360. The SMILES string of the molecule is O=C(O)c1ccc(Cl)cc1-c1ccc(C=C2C(=O)N(c3ccc(F)cc3)N=C2c2ccccc2)o1. The maximum absolute atomic E-state index is 13.4. The number of furan rings is 1. The van der Waals surface area contributed by atoms with E-state index in [-0.39, 0.29) is 16.9 Å². The van der Waals surface area contributed by atoms with Crippen molar-refractivity contribution in [2.75, 3.05) is 5.01 Å². The second kappa shape index (κ2) is 9.04. The van der Waals surface area contributed by atoms with Crippen molar-refractivity contribution in [3.05, 3.63) is 118 Å². The molecule has 35 heavy (non-hydrogen) atoms. The monoisotopic (exact) mass is 486 g/mol. The quantitative estimate of drug-likeness (QED) is 0.337. The van der Waals surface area contributed by atoms with Gasteiger partial charge < -0.3 is 9.52 Å². The minimum atomic E-state index is -1.12. The van der Waals surface area contributed by atoms with Crippen molar-refractivity contribution in [3.8, 4) is 11.3 Å². The molecule has 0 bridgehead atoms.